The highest BCUT2D eigenvalue weighted by Gasteiger charge is 2.14. The molecule has 0 aromatic heterocycles. The number of benzene rings is 1. The normalized spacial score (nSPS) is 12.0. The number of nitrogens with zero attached hydrogens (tertiary/aromatic N) is 1. The standard InChI is InChI=1S/C13H21N3O2/c1-4-15-13(18)10-5-6-11(14)12(7-10)16(3)9(2)8-17/h5-7,9,17H,4,8,14H2,1-3H3,(H,15,18). The summed E-state index contributed by atoms with van der Waals surface area (Å²) in [5.41, 5.74) is 7.81. The van der Waals surface area contributed by atoms with Gasteiger partial charge < -0.3 is 21.1 Å². The number of carbonyl (C=O) groups is 1. The molecule has 0 saturated carbocycles. The maximum atomic E-state index is 11.8. The molecule has 0 aliphatic rings. The molecule has 1 amide bonds. The highest BCUT2D eigenvalue weighted by atomic mass is 16.3. The number of hydrogen-bond acceptors (Lipinski definition) is 4. The maximum absolute atomic E-state index is 11.8. The van der Waals surface area contributed by atoms with Crippen LogP contribution in [-0.4, -0.2) is 37.3 Å². The zero-order valence-corrected chi connectivity index (χ0v) is 11.1. The Morgan fingerprint density at radius 1 is 1.56 bits per heavy atom. The first-order chi connectivity index (χ1) is 8.51. The van der Waals surface area contributed by atoms with Gasteiger partial charge in [-0.1, -0.05) is 0 Å². The van der Waals surface area contributed by atoms with E-state index in [1.54, 1.807) is 18.2 Å². The number of amides is 1. The number of aliphatic hydroxyl groups is 1. The Hall–Kier alpha value is -1.75. The van der Waals surface area contributed by atoms with Crippen molar-refractivity contribution in [1.29, 1.82) is 0 Å². The van der Waals surface area contributed by atoms with E-state index in [9.17, 15) is 4.79 Å². The van der Waals surface area contributed by atoms with Gasteiger partial charge in [-0.2, -0.15) is 0 Å². The van der Waals surface area contributed by atoms with Crippen molar-refractivity contribution in [2.45, 2.75) is 19.9 Å². The summed E-state index contributed by atoms with van der Waals surface area (Å²) in [6.45, 7) is 4.37. The molecule has 0 fully saturated rings. The number of nitrogens with two attached hydrogens (primary N) is 1. The van der Waals surface area contributed by atoms with Crippen LogP contribution in [0.1, 0.15) is 24.2 Å². The minimum atomic E-state index is -0.121. The minimum Gasteiger partial charge on any atom is -0.397 e. The number of hydrogen-bond donors (Lipinski definition) is 3. The lowest BCUT2D eigenvalue weighted by atomic mass is 10.1. The van der Waals surface area contributed by atoms with Gasteiger partial charge in [0.2, 0.25) is 0 Å². The first-order valence-corrected chi connectivity index (χ1v) is 6.02. The predicted octanol–water partition coefficient (Wildman–Crippen LogP) is 0.835. The van der Waals surface area contributed by atoms with Gasteiger partial charge in [-0.3, -0.25) is 4.79 Å². The van der Waals surface area contributed by atoms with E-state index in [-0.39, 0.29) is 18.6 Å². The fraction of sp³-hybridized carbons (Fsp3) is 0.462. The molecule has 0 aliphatic carbocycles. The van der Waals surface area contributed by atoms with E-state index in [2.05, 4.69) is 5.32 Å². The first kappa shape index (κ1) is 14.3. The van der Waals surface area contributed by atoms with Gasteiger partial charge in [0, 0.05) is 25.2 Å². The lowest BCUT2D eigenvalue weighted by Crippen LogP contribution is -2.32. The molecule has 18 heavy (non-hydrogen) atoms. The molecule has 1 aromatic rings. The van der Waals surface area contributed by atoms with Crippen molar-refractivity contribution >= 4 is 17.3 Å². The fourth-order valence-corrected chi connectivity index (χ4v) is 1.61. The van der Waals surface area contributed by atoms with Crippen molar-refractivity contribution in [3.05, 3.63) is 23.8 Å². The summed E-state index contributed by atoms with van der Waals surface area (Å²) in [7, 11) is 1.84. The van der Waals surface area contributed by atoms with E-state index < -0.39 is 0 Å². The maximum Gasteiger partial charge on any atom is 0.251 e. The van der Waals surface area contributed by atoms with Crippen molar-refractivity contribution < 1.29 is 9.90 Å². The number of aliphatic hydroxyl groups excluding tert-OH is 1. The lowest BCUT2D eigenvalue weighted by molar-refractivity contribution is 0.0956. The number of nitrogens with one attached hydrogen (secondary N) is 1. The molecule has 5 nitrogen and oxygen atoms in total. The molecular weight excluding hydrogens is 230 g/mol. The van der Waals surface area contributed by atoms with Crippen molar-refractivity contribution in [2.75, 3.05) is 30.8 Å². The number of rotatable bonds is 5. The third-order valence-electron chi connectivity index (χ3n) is 2.94. The highest BCUT2D eigenvalue weighted by molar-refractivity contribution is 5.96. The first-order valence-electron chi connectivity index (χ1n) is 6.02. The van der Waals surface area contributed by atoms with Gasteiger partial charge in [-0.25, -0.2) is 0 Å². The Labute approximate surface area is 108 Å². The van der Waals surface area contributed by atoms with E-state index in [0.717, 1.165) is 5.69 Å². The van der Waals surface area contributed by atoms with Gasteiger partial charge in [0.15, 0.2) is 0 Å². The molecule has 1 unspecified atom stereocenters. The summed E-state index contributed by atoms with van der Waals surface area (Å²) in [5.74, 6) is -0.121. The second-order valence-corrected chi connectivity index (χ2v) is 4.28. The van der Waals surface area contributed by atoms with Crippen LogP contribution < -0.4 is 16.0 Å². The summed E-state index contributed by atoms with van der Waals surface area (Å²) in [4.78, 5) is 13.6. The Kier molecular flexibility index (Phi) is 4.97. The summed E-state index contributed by atoms with van der Waals surface area (Å²) in [5, 5.41) is 11.9. The average Bonchev–Trinajstić information content (AvgIpc) is 2.37. The molecule has 0 radical (unpaired) electrons. The largest absolute Gasteiger partial charge is 0.397 e. The third kappa shape index (κ3) is 3.13. The van der Waals surface area contributed by atoms with Crippen LogP contribution in [0.2, 0.25) is 0 Å². The van der Waals surface area contributed by atoms with Crippen LogP contribution in [0, 0.1) is 0 Å². The second-order valence-electron chi connectivity index (χ2n) is 4.28. The molecule has 4 N–H and O–H groups in total. The van der Waals surface area contributed by atoms with Crippen molar-refractivity contribution in [3.8, 4) is 0 Å². The van der Waals surface area contributed by atoms with E-state index in [4.69, 9.17) is 10.8 Å². The van der Waals surface area contributed by atoms with E-state index in [1.165, 1.54) is 0 Å². The second kappa shape index (κ2) is 6.26. The van der Waals surface area contributed by atoms with Crippen molar-refractivity contribution in [1.82, 2.24) is 5.32 Å². The minimum absolute atomic E-state index is 0.0291. The van der Waals surface area contributed by atoms with Crippen LogP contribution in [0.4, 0.5) is 11.4 Å². The Bertz CT molecular complexity index is 421. The summed E-state index contributed by atoms with van der Waals surface area (Å²) in [6.07, 6.45) is 0. The van der Waals surface area contributed by atoms with Crippen LogP contribution >= 0.6 is 0 Å². The van der Waals surface area contributed by atoms with Gasteiger partial charge in [-0.15, -0.1) is 0 Å². The molecule has 0 saturated heterocycles. The van der Waals surface area contributed by atoms with E-state index in [1.807, 2.05) is 25.8 Å². The number of carbonyl (C=O) groups excluding carboxylic acids is 1. The highest BCUT2D eigenvalue weighted by Crippen LogP contribution is 2.25. The van der Waals surface area contributed by atoms with Crippen LogP contribution in [0.3, 0.4) is 0 Å². The Balaban J connectivity index is 3.04. The van der Waals surface area contributed by atoms with Crippen LogP contribution in [0.15, 0.2) is 18.2 Å². The zero-order valence-electron chi connectivity index (χ0n) is 11.1. The summed E-state index contributed by atoms with van der Waals surface area (Å²) in [6, 6.07) is 5.09. The van der Waals surface area contributed by atoms with Crippen LogP contribution in [0.5, 0.6) is 0 Å². The smallest absolute Gasteiger partial charge is 0.251 e. The van der Waals surface area contributed by atoms with Gasteiger partial charge in [0.05, 0.1) is 18.0 Å². The van der Waals surface area contributed by atoms with Crippen molar-refractivity contribution in [2.24, 2.45) is 0 Å². The molecule has 1 aromatic carbocycles. The quantitative estimate of drug-likeness (QED) is 0.677. The third-order valence-corrected chi connectivity index (χ3v) is 2.94. The van der Waals surface area contributed by atoms with Gasteiger partial charge in [0.1, 0.15) is 0 Å². The van der Waals surface area contributed by atoms with Crippen LogP contribution in [-0.2, 0) is 0 Å². The van der Waals surface area contributed by atoms with Crippen molar-refractivity contribution in [3.63, 3.8) is 0 Å². The molecule has 0 bridgehead atoms. The summed E-state index contributed by atoms with van der Waals surface area (Å²) < 4.78 is 0. The monoisotopic (exact) mass is 251 g/mol. The molecular formula is C13H21N3O2. The number of likely N-dealkylation sites (N-methyl/N-ethyl adjacent to an activating group) is 1. The average molecular weight is 251 g/mol. The van der Waals surface area contributed by atoms with E-state index >= 15 is 0 Å². The van der Waals surface area contributed by atoms with Gasteiger partial charge in [-0.05, 0) is 32.0 Å². The molecule has 5 heteroatoms. The van der Waals surface area contributed by atoms with Gasteiger partial charge in [0.25, 0.3) is 5.91 Å². The number of nitrogen functional groups attached to an aromatic ring is 1. The SMILES string of the molecule is CCNC(=O)c1ccc(N)c(N(C)C(C)CO)c1. The van der Waals surface area contributed by atoms with E-state index in [0.29, 0.717) is 17.8 Å². The topological polar surface area (TPSA) is 78.6 Å². The van der Waals surface area contributed by atoms with Crippen LogP contribution in [0.25, 0.3) is 0 Å². The Morgan fingerprint density at radius 3 is 2.78 bits per heavy atom. The predicted molar refractivity (Wildman–Crippen MR) is 73.8 cm³/mol. The van der Waals surface area contributed by atoms with Gasteiger partial charge >= 0.3 is 0 Å². The molecule has 1 atom stereocenters. The fourth-order valence-electron chi connectivity index (χ4n) is 1.61. The molecule has 0 heterocycles. The lowest BCUT2D eigenvalue weighted by Gasteiger charge is -2.27. The molecule has 0 spiro atoms. The Morgan fingerprint density at radius 2 is 2.22 bits per heavy atom. The molecule has 100 valence electrons. The molecule has 1 rings (SSSR count). The number of anilines is 2. The summed E-state index contributed by atoms with van der Waals surface area (Å²) >= 11 is 0. The zero-order chi connectivity index (χ0) is 13.7. The molecule has 0 aliphatic heterocycles.